The number of piperidine rings is 1. The third-order valence-electron chi connectivity index (χ3n) is 4.89. The Morgan fingerprint density at radius 2 is 2.05 bits per heavy atom. The van der Waals surface area contributed by atoms with Crippen LogP contribution in [-0.4, -0.2) is 19.0 Å². The van der Waals surface area contributed by atoms with Crippen LogP contribution in [0.15, 0.2) is 18.2 Å². The van der Waals surface area contributed by atoms with Gasteiger partial charge >= 0.3 is 0 Å². The minimum Gasteiger partial charge on any atom is -0.349 e. The number of carbonyl (C=O) groups is 1. The molecule has 1 heterocycles. The quantitative estimate of drug-likeness (QED) is 0.894. The van der Waals surface area contributed by atoms with E-state index in [1.807, 2.05) is 0 Å². The highest BCUT2D eigenvalue weighted by atomic mass is 35.5. The number of nitrogens with one attached hydrogen (secondary N) is 2. The molecule has 3 rings (SSSR count). The van der Waals surface area contributed by atoms with E-state index < -0.39 is 17.7 Å². The number of halogens is 3. The molecule has 0 aromatic heterocycles. The van der Waals surface area contributed by atoms with Crippen molar-refractivity contribution in [1.82, 2.24) is 10.6 Å². The summed E-state index contributed by atoms with van der Waals surface area (Å²) in [4.78, 5) is 12.3. The highest BCUT2D eigenvalue weighted by Gasteiger charge is 2.57. The van der Waals surface area contributed by atoms with Crippen molar-refractivity contribution in [3.05, 3.63) is 35.4 Å². The van der Waals surface area contributed by atoms with Crippen molar-refractivity contribution in [2.45, 2.75) is 32.2 Å². The fourth-order valence-electron chi connectivity index (χ4n) is 3.44. The number of amides is 1. The smallest absolute Gasteiger partial charge is 0.224 e. The molecule has 2 fully saturated rings. The Morgan fingerprint density at radius 1 is 1.36 bits per heavy atom. The topological polar surface area (TPSA) is 41.1 Å². The number of carbonyl (C=O) groups excluding carboxylic acids is 1. The molecular weight excluding hydrogens is 310 g/mol. The molecule has 1 saturated carbocycles. The monoisotopic (exact) mass is 330 g/mol. The molecule has 2 N–H and O–H groups in total. The van der Waals surface area contributed by atoms with Crippen molar-refractivity contribution in [2.75, 3.05) is 13.1 Å². The molecule has 1 spiro atoms. The van der Waals surface area contributed by atoms with Crippen LogP contribution in [0.1, 0.15) is 37.8 Å². The number of hydrogen-bond donors (Lipinski definition) is 2. The van der Waals surface area contributed by atoms with Crippen LogP contribution in [0.4, 0.5) is 8.78 Å². The van der Waals surface area contributed by atoms with Gasteiger partial charge in [0.15, 0.2) is 0 Å². The highest BCUT2D eigenvalue weighted by molar-refractivity contribution is 5.85. The van der Waals surface area contributed by atoms with Crippen LogP contribution in [0.2, 0.25) is 0 Å². The molecular formula is C16H21ClF2N2O. The summed E-state index contributed by atoms with van der Waals surface area (Å²) in [7, 11) is 0. The summed E-state index contributed by atoms with van der Waals surface area (Å²) in [6.07, 6.45) is 2.99. The zero-order valence-electron chi connectivity index (χ0n) is 12.5. The van der Waals surface area contributed by atoms with Gasteiger partial charge in [-0.25, -0.2) is 8.78 Å². The van der Waals surface area contributed by atoms with E-state index in [1.54, 1.807) is 6.92 Å². The lowest BCUT2D eigenvalue weighted by Crippen LogP contribution is -2.34. The van der Waals surface area contributed by atoms with Gasteiger partial charge < -0.3 is 10.6 Å². The molecule has 122 valence electrons. The van der Waals surface area contributed by atoms with Crippen LogP contribution in [0.25, 0.3) is 0 Å². The van der Waals surface area contributed by atoms with E-state index in [2.05, 4.69) is 10.6 Å². The zero-order valence-corrected chi connectivity index (χ0v) is 13.3. The van der Waals surface area contributed by atoms with Gasteiger partial charge in [-0.15, -0.1) is 12.4 Å². The van der Waals surface area contributed by atoms with Crippen molar-refractivity contribution in [2.24, 2.45) is 11.3 Å². The van der Waals surface area contributed by atoms with Crippen LogP contribution in [-0.2, 0) is 4.79 Å². The molecule has 1 aromatic rings. The van der Waals surface area contributed by atoms with Crippen molar-refractivity contribution >= 4 is 18.3 Å². The molecule has 2 aliphatic rings. The molecule has 1 aliphatic carbocycles. The second kappa shape index (κ2) is 6.50. The first-order chi connectivity index (χ1) is 10.0. The predicted octanol–water partition coefficient (Wildman–Crippen LogP) is 2.95. The first kappa shape index (κ1) is 17.2. The molecule has 1 amide bonds. The molecule has 6 heteroatoms. The molecule has 1 aromatic carbocycles. The van der Waals surface area contributed by atoms with Crippen LogP contribution >= 0.6 is 12.4 Å². The Kier molecular flexibility index (Phi) is 5.07. The lowest BCUT2D eigenvalue weighted by atomic mass is 9.91. The Bertz CT molecular complexity index is 561. The van der Waals surface area contributed by atoms with E-state index in [0.717, 1.165) is 38.4 Å². The van der Waals surface area contributed by atoms with Gasteiger partial charge in [0.2, 0.25) is 5.91 Å². The summed E-state index contributed by atoms with van der Waals surface area (Å²) in [5.74, 6) is -1.18. The summed E-state index contributed by atoms with van der Waals surface area (Å²) in [5, 5.41) is 6.17. The number of rotatable bonds is 3. The van der Waals surface area contributed by atoms with Gasteiger partial charge in [0.1, 0.15) is 11.6 Å². The van der Waals surface area contributed by atoms with Crippen LogP contribution in [0, 0.1) is 23.0 Å². The van der Waals surface area contributed by atoms with Gasteiger partial charge in [0.05, 0.1) is 6.04 Å². The lowest BCUT2D eigenvalue weighted by Gasteiger charge is -2.24. The summed E-state index contributed by atoms with van der Waals surface area (Å²) < 4.78 is 26.6. The average molecular weight is 331 g/mol. The molecule has 1 unspecified atom stereocenters. The van der Waals surface area contributed by atoms with E-state index in [-0.39, 0.29) is 29.6 Å². The molecule has 22 heavy (non-hydrogen) atoms. The molecule has 0 radical (unpaired) electrons. The predicted molar refractivity (Wildman–Crippen MR) is 82.8 cm³/mol. The second-order valence-corrected chi connectivity index (χ2v) is 6.27. The first-order valence-corrected chi connectivity index (χ1v) is 7.48. The van der Waals surface area contributed by atoms with Gasteiger partial charge in [0.25, 0.3) is 0 Å². The Hall–Kier alpha value is -1.20. The van der Waals surface area contributed by atoms with Gasteiger partial charge in [0, 0.05) is 17.5 Å². The van der Waals surface area contributed by atoms with Crippen LogP contribution < -0.4 is 10.6 Å². The van der Waals surface area contributed by atoms with E-state index in [1.165, 1.54) is 12.1 Å². The Balaban J connectivity index is 0.00000176. The number of benzene rings is 1. The summed E-state index contributed by atoms with van der Waals surface area (Å²) >= 11 is 0. The van der Waals surface area contributed by atoms with Crippen molar-refractivity contribution in [3.8, 4) is 0 Å². The average Bonchev–Trinajstić information content (AvgIpc) is 3.13. The molecule has 0 bridgehead atoms. The van der Waals surface area contributed by atoms with E-state index in [0.29, 0.717) is 5.56 Å². The highest BCUT2D eigenvalue weighted by Crippen LogP contribution is 2.58. The standard InChI is InChI=1S/C16H20F2N2O.ClH/c1-10(12-3-2-11(17)8-14(12)18)20-15(21)13-9-16(13)4-6-19-7-5-16;/h2-3,8,10,13,19H,4-7,9H2,1H3,(H,20,21);1H/t10-,13?;/m1./s1. The fourth-order valence-corrected chi connectivity index (χ4v) is 3.44. The first-order valence-electron chi connectivity index (χ1n) is 7.48. The number of hydrogen-bond acceptors (Lipinski definition) is 2. The summed E-state index contributed by atoms with van der Waals surface area (Å²) in [6.45, 7) is 3.66. The maximum absolute atomic E-state index is 13.7. The van der Waals surface area contributed by atoms with Crippen LogP contribution in [0.3, 0.4) is 0 Å². The molecule has 1 saturated heterocycles. The maximum Gasteiger partial charge on any atom is 0.224 e. The molecule has 2 atom stereocenters. The zero-order chi connectivity index (χ0) is 15.0. The maximum atomic E-state index is 13.7. The van der Waals surface area contributed by atoms with Gasteiger partial charge in [-0.2, -0.15) is 0 Å². The largest absolute Gasteiger partial charge is 0.349 e. The van der Waals surface area contributed by atoms with E-state index in [9.17, 15) is 13.6 Å². The summed E-state index contributed by atoms with van der Waals surface area (Å²) in [5.41, 5.74) is 0.487. The van der Waals surface area contributed by atoms with Crippen molar-refractivity contribution in [1.29, 1.82) is 0 Å². The fraction of sp³-hybridized carbons (Fsp3) is 0.562. The Morgan fingerprint density at radius 3 is 2.68 bits per heavy atom. The minimum absolute atomic E-state index is 0. The third kappa shape index (κ3) is 3.25. The Labute approximate surface area is 135 Å². The van der Waals surface area contributed by atoms with Gasteiger partial charge in [-0.05, 0) is 50.8 Å². The van der Waals surface area contributed by atoms with E-state index in [4.69, 9.17) is 0 Å². The second-order valence-electron chi connectivity index (χ2n) is 6.27. The normalized spacial score (nSPS) is 23.5. The third-order valence-corrected chi connectivity index (χ3v) is 4.89. The van der Waals surface area contributed by atoms with Gasteiger partial charge in [-0.1, -0.05) is 6.07 Å². The SMILES string of the molecule is C[C@@H](NC(=O)C1CC12CCNCC2)c1ccc(F)cc1F.Cl. The van der Waals surface area contributed by atoms with Crippen molar-refractivity contribution in [3.63, 3.8) is 0 Å². The van der Waals surface area contributed by atoms with Crippen molar-refractivity contribution < 1.29 is 13.6 Å². The van der Waals surface area contributed by atoms with Crippen LogP contribution in [0.5, 0.6) is 0 Å². The lowest BCUT2D eigenvalue weighted by molar-refractivity contribution is -0.123. The molecule has 1 aliphatic heterocycles. The van der Waals surface area contributed by atoms with E-state index >= 15 is 0 Å². The summed E-state index contributed by atoms with van der Waals surface area (Å²) in [6, 6.07) is 3.01. The molecule has 3 nitrogen and oxygen atoms in total. The van der Waals surface area contributed by atoms with Gasteiger partial charge in [-0.3, -0.25) is 4.79 Å². The minimum atomic E-state index is -0.616.